The van der Waals surface area contributed by atoms with Crippen molar-refractivity contribution in [3.05, 3.63) is 35.6 Å². The summed E-state index contributed by atoms with van der Waals surface area (Å²) >= 11 is 0. The van der Waals surface area contributed by atoms with Crippen molar-refractivity contribution in [1.82, 2.24) is 4.31 Å². The van der Waals surface area contributed by atoms with Crippen molar-refractivity contribution >= 4 is 16.0 Å². The molecular weight excluding hydrogens is 309 g/mol. The molecule has 7 heteroatoms. The van der Waals surface area contributed by atoms with Crippen LogP contribution in [0.15, 0.2) is 24.3 Å². The van der Waals surface area contributed by atoms with Gasteiger partial charge in [-0.2, -0.15) is 0 Å². The number of fused-ring (bicyclic) bond motifs is 1. The Hall–Kier alpha value is -1.47. The van der Waals surface area contributed by atoms with Gasteiger partial charge in [0.05, 0.1) is 11.2 Å². The summed E-state index contributed by atoms with van der Waals surface area (Å²) in [4.78, 5) is 11.6. The number of carboxylic acids is 1. The number of benzene rings is 1. The van der Waals surface area contributed by atoms with Gasteiger partial charge in [0.1, 0.15) is 5.82 Å². The second kappa shape index (κ2) is 5.31. The molecule has 120 valence electrons. The van der Waals surface area contributed by atoms with E-state index in [9.17, 15) is 22.7 Å². The van der Waals surface area contributed by atoms with Crippen molar-refractivity contribution < 1.29 is 22.7 Å². The quantitative estimate of drug-likeness (QED) is 0.916. The molecule has 0 unspecified atom stereocenters. The largest absolute Gasteiger partial charge is 0.481 e. The van der Waals surface area contributed by atoms with Crippen molar-refractivity contribution in [2.75, 3.05) is 13.1 Å². The zero-order valence-electron chi connectivity index (χ0n) is 12.0. The molecular formula is C15H18FNO4S. The first-order valence-electron chi connectivity index (χ1n) is 7.30. The van der Waals surface area contributed by atoms with Gasteiger partial charge in [-0.15, -0.1) is 0 Å². The van der Waals surface area contributed by atoms with Gasteiger partial charge in [-0.1, -0.05) is 24.6 Å². The Kier molecular flexibility index (Phi) is 3.72. The lowest BCUT2D eigenvalue weighted by atomic mass is 9.81. The van der Waals surface area contributed by atoms with Crippen molar-refractivity contribution in [2.24, 2.45) is 11.3 Å². The van der Waals surface area contributed by atoms with Crippen LogP contribution in [0.5, 0.6) is 0 Å². The van der Waals surface area contributed by atoms with Crippen LogP contribution in [0.2, 0.25) is 0 Å². The summed E-state index contributed by atoms with van der Waals surface area (Å²) < 4.78 is 39.9. The van der Waals surface area contributed by atoms with Crippen LogP contribution in [0.25, 0.3) is 0 Å². The number of carboxylic acid groups (broad SMARTS) is 1. The van der Waals surface area contributed by atoms with Gasteiger partial charge in [0.25, 0.3) is 0 Å². The first-order chi connectivity index (χ1) is 10.3. The van der Waals surface area contributed by atoms with Crippen LogP contribution in [0.3, 0.4) is 0 Å². The predicted molar refractivity (Wildman–Crippen MR) is 78.0 cm³/mol. The number of hydrogen-bond donors (Lipinski definition) is 1. The van der Waals surface area contributed by atoms with Crippen LogP contribution in [-0.4, -0.2) is 36.9 Å². The van der Waals surface area contributed by atoms with Crippen molar-refractivity contribution in [1.29, 1.82) is 0 Å². The molecule has 1 aromatic rings. The minimum Gasteiger partial charge on any atom is -0.481 e. The highest BCUT2D eigenvalue weighted by Crippen LogP contribution is 2.49. The molecule has 1 heterocycles. The first kappa shape index (κ1) is 15.4. The van der Waals surface area contributed by atoms with Crippen LogP contribution < -0.4 is 0 Å². The van der Waals surface area contributed by atoms with Crippen LogP contribution in [0.4, 0.5) is 4.39 Å². The SMILES string of the molecule is O=C(O)[C@@]12CCC[C@H]1CN(S(=O)(=O)Cc1ccccc1F)C2. The predicted octanol–water partition coefficient (Wildman–Crippen LogP) is 1.84. The molecule has 1 N–H and O–H groups in total. The molecule has 1 saturated heterocycles. The van der Waals surface area contributed by atoms with Crippen molar-refractivity contribution in [3.63, 3.8) is 0 Å². The van der Waals surface area contributed by atoms with E-state index in [4.69, 9.17) is 0 Å². The van der Waals surface area contributed by atoms with E-state index in [1.165, 1.54) is 22.5 Å². The summed E-state index contributed by atoms with van der Waals surface area (Å²) in [6, 6.07) is 5.76. The van der Waals surface area contributed by atoms with Gasteiger partial charge in [-0.25, -0.2) is 17.1 Å². The highest BCUT2D eigenvalue weighted by molar-refractivity contribution is 7.88. The summed E-state index contributed by atoms with van der Waals surface area (Å²) in [7, 11) is -3.72. The lowest BCUT2D eigenvalue weighted by molar-refractivity contribution is -0.149. The molecule has 22 heavy (non-hydrogen) atoms. The average Bonchev–Trinajstić information content (AvgIpc) is 2.99. The second-order valence-corrected chi connectivity index (χ2v) is 8.16. The first-order valence-corrected chi connectivity index (χ1v) is 8.91. The molecule has 0 radical (unpaired) electrons. The highest BCUT2D eigenvalue weighted by atomic mass is 32.2. The fourth-order valence-electron chi connectivity index (χ4n) is 3.71. The Bertz CT molecular complexity index is 705. The van der Waals surface area contributed by atoms with Crippen LogP contribution in [0, 0.1) is 17.2 Å². The molecule has 0 spiro atoms. The fraction of sp³-hybridized carbons (Fsp3) is 0.533. The minimum atomic E-state index is -3.72. The molecule has 0 aromatic heterocycles. The monoisotopic (exact) mass is 327 g/mol. The van der Waals surface area contributed by atoms with E-state index >= 15 is 0 Å². The van der Waals surface area contributed by atoms with Gasteiger partial charge < -0.3 is 5.11 Å². The third-order valence-corrected chi connectivity index (χ3v) is 6.70. The van der Waals surface area contributed by atoms with Crippen LogP contribution in [-0.2, 0) is 20.6 Å². The normalized spacial score (nSPS) is 28.7. The van der Waals surface area contributed by atoms with Gasteiger partial charge in [0, 0.05) is 18.7 Å². The Morgan fingerprint density at radius 2 is 2.14 bits per heavy atom. The molecule has 2 aliphatic rings. The Morgan fingerprint density at radius 3 is 2.77 bits per heavy atom. The summed E-state index contributed by atoms with van der Waals surface area (Å²) in [6.45, 7) is 0.229. The van der Waals surface area contributed by atoms with Gasteiger partial charge in [-0.05, 0) is 24.8 Å². The van der Waals surface area contributed by atoms with E-state index in [1.807, 2.05) is 0 Å². The maximum atomic E-state index is 13.7. The maximum absolute atomic E-state index is 13.7. The molecule has 3 rings (SSSR count). The molecule has 2 fully saturated rings. The average molecular weight is 327 g/mol. The molecule has 1 aliphatic carbocycles. The van der Waals surface area contributed by atoms with Crippen molar-refractivity contribution in [2.45, 2.75) is 25.0 Å². The third kappa shape index (κ3) is 2.42. The summed E-state index contributed by atoms with van der Waals surface area (Å²) in [5.74, 6) is -2.04. The number of carbonyl (C=O) groups is 1. The molecule has 1 aromatic carbocycles. The Balaban J connectivity index is 1.83. The zero-order valence-corrected chi connectivity index (χ0v) is 12.9. The van der Waals surface area contributed by atoms with E-state index in [2.05, 4.69) is 0 Å². The van der Waals surface area contributed by atoms with Gasteiger partial charge in [0.2, 0.25) is 10.0 Å². The summed E-state index contributed by atoms with van der Waals surface area (Å²) in [5, 5.41) is 9.51. The third-order valence-electron chi connectivity index (χ3n) is 4.95. The van der Waals surface area contributed by atoms with E-state index in [-0.39, 0.29) is 24.6 Å². The maximum Gasteiger partial charge on any atom is 0.311 e. The van der Waals surface area contributed by atoms with E-state index in [1.54, 1.807) is 6.07 Å². The number of aliphatic carboxylic acids is 1. The summed E-state index contributed by atoms with van der Waals surface area (Å²) in [5.41, 5.74) is -0.841. The topological polar surface area (TPSA) is 74.7 Å². The van der Waals surface area contributed by atoms with Gasteiger partial charge in [0.15, 0.2) is 0 Å². The molecule has 0 bridgehead atoms. The smallest absolute Gasteiger partial charge is 0.311 e. The number of hydrogen-bond acceptors (Lipinski definition) is 3. The lowest BCUT2D eigenvalue weighted by Crippen LogP contribution is -2.37. The second-order valence-electron chi connectivity index (χ2n) is 6.19. The molecule has 2 atom stereocenters. The number of rotatable bonds is 4. The Morgan fingerprint density at radius 1 is 1.41 bits per heavy atom. The lowest BCUT2D eigenvalue weighted by Gasteiger charge is -2.23. The van der Waals surface area contributed by atoms with Crippen LogP contribution in [0.1, 0.15) is 24.8 Å². The van der Waals surface area contributed by atoms with Gasteiger partial charge >= 0.3 is 5.97 Å². The number of nitrogens with zero attached hydrogens (tertiary/aromatic N) is 1. The highest BCUT2D eigenvalue weighted by Gasteiger charge is 2.56. The van der Waals surface area contributed by atoms with E-state index < -0.39 is 33.0 Å². The van der Waals surface area contributed by atoms with Crippen LogP contribution >= 0.6 is 0 Å². The molecule has 5 nitrogen and oxygen atoms in total. The Labute approximate surface area is 128 Å². The molecule has 1 aliphatic heterocycles. The summed E-state index contributed by atoms with van der Waals surface area (Å²) in [6.07, 6.45) is 2.06. The van der Waals surface area contributed by atoms with E-state index in [0.29, 0.717) is 6.42 Å². The molecule has 1 saturated carbocycles. The fourth-order valence-corrected chi connectivity index (χ4v) is 5.35. The number of sulfonamides is 1. The van der Waals surface area contributed by atoms with Gasteiger partial charge in [-0.3, -0.25) is 4.79 Å². The van der Waals surface area contributed by atoms with Crippen molar-refractivity contribution in [3.8, 4) is 0 Å². The molecule has 0 amide bonds. The van der Waals surface area contributed by atoms with E-state index in [0.717, 1.165) is 12.8 Å². The number of halogens is 1. The minimum absolute atomic E-state index is 0.00376. The standard InChI is InChI=1S/C15H18FNO4S/c16-13-6-2-1-4-11(13)9-22(20,21)17-8-12-5-3-7-15(12,10-17)14(18)19/h1-2,4,6,12H,3,5,7-10H2,(H,18,19)/t12-,15+/m0/s1. The zero-order chi connectivity index (χ0) is 16.0.